The molecule has 0 bridgehead atoms. The minimum Gasteiger partial charge on any atom is -0.393 e. The first-order valence-corrected chi connectivity index (χ1v) is 2.27. The monoisotopic (exact) mass is 123 g/mol. The van der Waals surface area contributed by atoms with Crippen LogP contribution in [-0.4, -0.2) is 9.78 Å². The van der Waals surface area contributed by atoms with Crippen LogP contribution in [0, 0.1) is 6.57 Å². The zero-order valence-electron chi connectivity index (χ0n) is 5.70. The topological polar surface area (TPSA) is 48.2 Å². The van der Waals surface area contributed by atoms with Gasteiger partial charge in [0.1, 0.15) is 5.82 Å². The van der Waals surface area contributed by atoms with Crippen LogP contribution in [0.25, 0.3) is 4.85 Å². The number of hydrogen-bond donors (Lipinski definition) is 1. The van der Waals surface area contributed by atoms with E-state index >= 15 is 0 Å². The molecule has 0 aliphatic heterocycles. The van der Waals surface area contributed by atoms with Crippen LogP contribution in [0.4, 0.5) is 11.5 Å². The Bertz CT molecular complexity index is 272. The van der Waals surface area contributed by atoms with Gasteiger partial charge in [-0.15, -0.1) is 0 Å². The van der Waals surface area contributed by atoms with Crippen LogP contribution >= 0.6 is 0 Å². The first kappa shape index (κ1) is 4.39. The molecule has 4 heteroatoms. The molecule has 0 aliphatic carbocycles. The minimum atomic E-state index is -0.0403. The summed E-state index contributed by atoms with van der Waals surface area (Å²) in [6, 6.07) is 0. The number of hydrogen-bond acceptors (Lipinski definition) is 2. The largest absolute Gasteiger partial charge is 0.393 e. The minimum absolute atomic E-state index is 0.0403. The van der Waals surface area contributed by atoms with Crippen molar-refractivity contribution < 1.29 is 1.37 Å². The predicted octanol–water partition coefficient (Wildman–Crippen LogP) is 0.553. The van der Waals surface area contributed by atoms with Crippen molar-refractivity contribution in [3.8, 4) is 0 Å². The van der Waals surface area contributed by atoms with Crippen LogP contribution in [0.5, 0.6) is 0 Å². The highest BCUT2D eigenvalue weighted by atomic mass is 15.3. The first-order chi connectivity index (χ1) is 4.79. The van der Waals surface area contributed by atoms with Crippen molar-refractivity contribution in [3.05, 3.63) is 17.6 Å². The molecule has 0 aliphatic rings. The summed E-state index contributed by atoms with van der Waals surface area (Å²) >= 11 is 0. The van der Waals surface area contributed by atoms with Gasteiger partial charge in [-0.1, -0.05) is 0 Å². The van der Waals surface area contributed by atoms with Crippen LogP contribution in [0.2, 0.25) is 0 Å². The maximum atomic E-state index is 6.89. The third-order valence-electron chi connectivity index (χ3n) is 0.980. The Kier molecular flexibility index (Phi) is 0.869. The molecule has 0 saturated heterocycles. The van der Waals surface area contributed by atoms with E-state index < -0.39 is 0 Å². The van der Waals surface area contributed by atoms with E-state index in [9.17, 15) is 0 Å². The van der Waals surface area contributed by atoms with Gasteiger partial charge in [0.2, 0.25) is 5.69 Å². The SMILES string of the molecule is [2H]Cn1ncc([N+]#[C-])c1N. The molecule has 4 nitrogen and oxygen atoms in total. The lowest BCUT2D eigenvalue weighted by molar-refractivity contribution is 0.779. The van der Waals surface area contributed by atoms with Gasteiger partial charge in [0, 0.05) is 8.39 Å². The second-order valence-electron chi connectivity index (χ2n) is 1.53. The number of nitrogens with two attached hydrogens (primary N) is 1. The van der Waals surface area contributed by atoms with E-state index in [2.05, 4.69) is 9.94 Å². The molecule has 9 heavy (non-hydrogen) atoms. The summed E-state index contributed by atoms with van der Waals surface area (Å²) in [6.45, 7) is 6.60. The molecule has 1 rings (SSSR count). The maximum Gasteiger partial charge on any atom is 0.247 e. The molecule has 0 amide bonds. The van der Waals surface area contributed by atoms with Gasteiger partial charge in [-0.25, -0.2) is 4.85 Å². The first-order valence-electron chi connectivity index (χ1n) is 2.98. The van der Waals surface area contributed by atoms with E-state index in [0.29, 0.717) is 5.69 Å². The van der Waals surface area contributed by atoms with Crippen molar-refractivity contribution in [2.45, 2.75) is 0 Å². The van der Waals surface area contributed by atoms with Crippen LogP contribution < -0.4 is 5.73 Å². The summed E-state index contributed by atoms with van der Waals surface area (Å²) in [5.74, 6) is 0.269. The van der Waals surface area contributed by atoms with E-state index in [1.54, 1.807) is 0 Å². The Balaban J connectivity index is 3.12. The van der Waals surface area contributed by atoms with Crippen molar-refractivity contribution in [2.24, 2.45) is 7.02 Å². The molecule has 0 saturated carbocycles. The normalized spacial score (nSPS) is 10.3. The number of aromatic nitrogens is 2. The highest BCUT2D eigenvalue weighted by Crippen LogP contribution is 2.18. The molecular formula is C5H6N4. The fourth-order valence-corrected chi connectivity index (χ4v) is 0.471. The molecule has 0 aromatic carbocycles. The summed E-state index contributed by atoms with van der Waals surface area (Å²) in [7, 11) is -0.0403. The summed E-state index contributed by atoms with van der Waals surface area (Å²) < 4.78 is 8.15. The fourth-order valence-electron chi connectivity index (χ4n) is 0.471. The number of anilines is 1. The van der Waals surface area contributed by atoms with E-state index in [1.807, 2.05) is 0 Å². The molecule has 1 aromatic rings. The smallest absolute Gasteiger partial charge is 0.247 e. The van der Waals surface area contributed by atoms with Crippen LogP contribution in [0.15, 0.2) is 6.20 Å². The van der Waals surface area contributed by atoms with Crippen molar-refractivity contribution in [3.63, 3.8) is 0 Å². The van der Waals surface area contributed by atoms with Gasteiger partial charge in [0.05, 0.1) is 12.8 Å². The zero-order chi connectivity index (χ0) is 7.56. The summed E-state index contributed by atoms with van der Waals surface area (Å²) in [5, 5.41) is 3.70. The van der Waals surface area contributed by atoms with Gasteiger partial charge in [0.25, 0.3) is 0 Å². The lowest BCUT2D eigenvalue weighted by Crippen LogP contribution is -1.96. The standard InChI is InChI=1S/C5H6N4/c1-7-4-3-8-9(2)5(4)6/h3H,6H2,2H3/i2D. The third-order valence-corrected chi connectivity index (χ3v) is 0.980. The lowest BCUT2D eigenvalue weighted by atomic mass is 10.5. The van der Waals surface area contributed by atoms with E-state index in [-0.39, 0.29) is 12.8 Å². The van der Waals surface area contributed by atoms with Gasteiger partial charge in [-0.2, -0.15) is 5.10 Å². The van der Waals surface area contributed by atoms with Crippen LogP contribution in [0.1, 0.15) is 1.37 Å². The van der Waals surface area contributed by atoms with Crippen molar-refractivity contribution >= 4 is 11.5 Å². The molecule has 1 aromatic heterocycles. The highest BCUT2D eigenvalue weighted by Gasteiger charge is 2.00. The van der Waals surface area contributed by atoms with Gasteiger partial charge in [-0.05, 0) is 0 Å². The molecule has 2 N–H and O–H groups in total. The number of aryl methyl sites for hydroxylation is 1. The Morgan fingerprint density at radius 3 is 3.22 bits per heavy atom. The van der Waals surface area contributed by atoms with Crippen molar-refractivity contribution in [2.75, 3.05) is 5.73 Å². The van der Waals surface area contributed by atoms with Crippen molar-refractivity contribution in [1.29, 1.82) is 0 Å². The zero-order valence-corrected chi connectivity index (χ0v) is 4.70. The number of nitrogens with zero attached hydrogens (tertiary/aromatic N) is 3. The molecule has 0 unspecified atom stereocenters. The molecule has 1 heterocycles. The average Bonchev–Trinajstić information content (AvgIpc) is 2.30. The van der Waals surface area contributed by atoms with Gasteiger partial charge in [-0.3, -0.25) is 4.68 Å². The maximum absolute atomic E-state index is 6.89. The quantitative estimate of drug-likeness (QED) is 0.512. The summed E-state index contributed by atoms with van der Waals surface area (Å²) in [6.07, 6.45) is 1.36. The second-order valence-corrected chi connectivity index (χ2v) is 1.53. The Hall–Kier alpha value is -1.50. The van der Waals surface area contributed by atoms with E-state index in [1.165, 1.54) is 10.9 Å². The van der Waals surface area contributed by atoms with Gasteiger partial charge < -0.3 is 5.73 Å². The fraction of sp³-hybridized carbons (Fsp3) is 0.200. The van der Waals surface area contributed by atoms with E-state index in [0.717, 1.165) is 0 Å². The molecule has 0 atom stereocenters. The third kappa shape index (κ3) is 0.722. The molecule has 0 spiro atoms. The Morgan fingerprint density at radius 2 is 2.89 bits per heavy atom. The molecule has 0 fully saturated rings. The Labute approximate surface area is 54.1 Å². The van der Waals surface area contributed by atoms with E-state index in [4.69, 9.17) is 13.7 Å². The molecule has 46 valence electrons. The molecular weight excluding hydrogens is 116 g/mol. The molecule has 0 radical (unpaired) electrons. The summed E-state index contributed by atoms with van der Waals surface area (Å²) in [4.78, 5) is 3.10. The average molecular weight is 123 g/mol. The van der Waals surface area contributed by atoms with Gasteiger partial charge >= 0.3 is 0 Å². The number of nitrogen functional groups attached to an aromatic ring is 1. The van der Waals surface area contributed by atoms with Crippen LogP contribution in [0.3, 0.4) is 0 Å². The van der Waals surface area contributed by atoms with Gasteiger partial charge in [0.15, 0.2) is 0 Å². The van der Waals surface area contributed by atoms with Crippen molar-refractivity contribution in [1.82, 2.24) is 9.78 Å². The Morgan fingerprint density at radius 1 is 2.11 bits per heavy atom. The highest BCUT2D eigenvalue weighted by molar-refractivity contribution is 5.61. The van der Waals surface area contributed by atoms with Crippen LogP contribution in [-0.2, 0) is 7.02 Å². The lowest BCUT2D eigenvalue weighted by Gasteiger charge is -1.90. The summed E-state index contributed by atoms with van der Waals surface area (Å²) in [5.41, 5.74) is 5.70. The second kappa shape index (κ2) is 1.78. The number of rotatable bonds is 0. The predicted molar refractivity (Wildman–Crippen MR) is 33.9 cm³/mol.